The third-order valence-corrected chi connectivity index (χ3v) is 3.29. The summed E-state index contributed by atoms with van der Waals surface area (Å²) >= 11 is 11.9. The van der Waals surface area contributed by atoms with Crippen LogP contribution in [0, 0.1) is 0 Å². The summed E-state index contributed by atoms with van der Waals surface area (Å²) in [6.07, 6.45) is 3.35. The first-order valence-electron chi connectivity index (χ1n) is 5.27. The van der Waals surface area contributed by atoms with E-state index in [0.717, 1.165) is 0 Å². The summed E-state index contributed by atoms with van der Waals surface area (Å²) < 4.78 is 0. The van der Waals surface area contributed by atoms with Crippen LogP contribution in [0.3, 0.4) is 0 Å². The summed E-state index contributed by atoms with van der Waals surface area (Å²) in [5.74, 6) is 0.517. The molecule has 1 aromatic carbocycles. The molecule has 0 radical (unpaired) electrons. The van der Waals surface area contributed by atoms with Gasteiger partial charge in [-0.2, -0.15) is 0 Å². The van der Waals surface area contributed by atoms with Crippen molar-refractivity contribution in [2.75, 3.05) is 7.05 Å². The zero-order chi connectivity index (χ0) is 13.1. The number of hydrogen-bond acceptors (Lipinski definition) is 2. The third kappa shape index (κ3) is 2.66. The average molecular weight is 284 g/mol. The fraction of sp³-hybridized carbons (Fsp3) is 0.167. The van der Waals surface area contributed by atoms with Crippen LogP contribution in [0.15, 0.2) is 30.6 Å². The molecular weight excluding hydrogens is 273 g/mol. The topological polar surface area (TPSA) is 49.0 Å². The number of halogens is 2. The molecule has 2 rings (SSSR count). The Balaban J connectivity index is 2.18. The molecule has 0 fully saturated rings. The van der Waals surface area contributed by atoms with Gasteiger partial charge in [0.05, 0.1) is 22.2 Å². The Morgan fingerprint density at radius 1 is 1.44 bits per heavy atom. The molecule has 0 unspecified atom stereocenters. The zero-order valence-corrected chi connectivity index (χ0v) is 11.2. The lowest BCUT2D eigenvalue weighted by Crippen LogP contribution is -2.27. The second-order valence-electron chi connectivity index (χ2n) is 3.80. The Kier molecular flexibility index (Phi) is 3.89. The summed E-state index contributed by atoms with van der Waals surface area (Å²) in [5.41, 5.74) is 0.387. The number of nitrogens with one attached hydrogen (secondary N) is 1. The Labute approximate surface area is 115 Å². The average Bonchev–Trinajstić information content (AvgIpc) is 2.84. The molecule has 0 saturated heterocycles. The van der Waals surface area contributed by atoms with E-state index in [1.54, 1.807) is 37.6 Å². The standard InChI is InChI=1S/C12H11Cl2N3O/c1-17(7-10-15-5-6-16-10)12(18)8-3-2-4-9(13)11(8)14/h2-6H,7H2,1H3,(H,15,16). The van der Waals surface area contributed by atoms with E-state index in [2.05, 4.69) is 9.97 Å². The second-order valence-corrected chi connectivity index (χ2v) is 4.58. The van der Waals surface area contributed by atoms with Gasteiger partial charge in [-0.15, -0.1) is 0 Å². The van der Waals surface area contributed by atoms with Crippen molar-refractivity contribution >= 4 is 29.1 Å². The van der Waals surface area contributed by atoms with Crippen molar-refractivity contribution in [2.24, 2.45) is 0 Å². The highest BCUT2D eigenvalue weighted by molar-refractivity contribution is 6.43. The van der Waals surface area contributed by atoms with E-state index < -0.39 is 0 Å². The summed E-state index contributed by atoms with van der Waals surface area (Å²) in [5, 5.41) is 0.643. The van der Waals surface area contributed by atoms with Crippen molar-refractivity contribution in [1.29, 1.82) is 0 Å². The molecule has 18 heavy (non-hydrogen) atoms. The van der Waals surface area contributed by atoms with E-state index in [1.165, 1.54) is 4.90 Å². The number of benzene rings is 1. The number of carbonyl (C=O) groups excluding carboxylic acids is 1. The maximum atomic E-state index is 12.2. The molecule has 0 saturated carbocycles. The molecule has 0 spiro atoms. The molecule has 1 amide bonds. The smallest absolute Gasteiger partial charge is 0.255 e. The van der Waals surface area contributed by atoms with Gasteiger partial charge < -0.3 is 9.88 Å². The number of rotatable bonds is 3. The van der Waals surface area contributed by atoms with Crippen molar-refractivity contribution in [3.63, 3.8) is 0 Å². The molecule has 4 nitrogen and oxygen atoms in total. The van der Waals surface area contributed by atoms with Crippen molar-refractivity contribution in [3.05, 3.63) is 52.0 Å². The van der Waals surface area contributed by atoms with Crippen LogP contribution >= 0.6 is 23.2 Å². The summed E-state index contributed by atoms with van der Waals surface area (Å²) in [4.78, 5) is 20.7. The normalized spacial score (nSPS) is 10.4. The Hall–Kier alpha value is -1.52. The third-order valence-electron chi connectivity index (χ3n) is 2.47. The van der Waals surface area contributed by atoms with Gasteiger partial charge in [-0.05, 0) is 12.1 Å². The van der Waals surface area contributed by atoms with Gasteiger partial charge >= 0.3 is 0 Å². The summed E-state index contributed by atoms with van der Waals surface area (Å²) in [6.45, 7) is 0.384. The number of imidazole rings is 1. The van der Waals surface area contributed by atoms with Crippen molar-refractivity contribution in [1.82, 2.24) is 14.9 Å². The molecule has 1 aromatic heterocycles. The quantitative estimate of drug-likeness (QED) is 0.942. The number of nitrogens with zero attached hydrogens (tertiary/aromatic N) is 2. The lowest BCUT2D eigenvalue weighted by molar-refractivity contribution is 0.0782. The minimum absolute atomic E-state index is 0.195. The predicted octanol–water partition coefficient (Wildman–Crippen LogP) is 2.99. The van der Waals surface area contributed by atoms with Gasteiger partial charge in [-0.1, -0.05) is 29.3 Å². The number of aromatic nitrogens is 2. The van der Waals surface area contributed by atoms with Gasteiger partial charge in [0.15, 0.2) is 0 Å². The van der Waals surface area contributed by atoms with Crippen molar-refractivity contribution in [2.45, 2.75) is 6.54 Å². The first kappa shape index (κ1) is 12.9. The molecular formula is C12H11Cl2N3O. The van der Waals surface area contributed by atoms with E-state index in [0.29, 0.717) is 23.0 Å². The maximum Gasteiger partial charge on any atom is 0.255 e. The highest BCUT2D eigenvalue weighted by atomic mass is 35.5. The van der Waals surface area contributed by atoms with E-state index in [1.807, 2.05) is 0 Å². The van der Waals surface area contributed by atoms with Crippen LogP contribution in [0.2, 0.25) is 10.0 Å². The predicted molar refractivity (Wildman–Crippen MR) is 70.8 cm³/mol. The van der Waals surface area contributed by atoms with Gasteiger partial charge in [0.1, 0.15) is 5.82 Å². The molecule has 6 heteroatoms. The van der Waals surface area contributed by atoms with E-state index in [9.17, 15) is 4.79 Å². The Morgan fingerprint density at radius 3 is 2.89 bits per heavy atom. The van der Waals surface area contributed by atoms with E-state index >= 15 is 0 Å². The first-order chi connectivity index (χ1) is 8.59. The van der Waals surface area contributed by atoms with Gasteiger partial charge in [0.2, 0.25) is 0 Å². The van der Waals surface area contributed by atoms with Crippen molar-refractivity contribution < 1.29 is 4.79 Å². The van der Waals surface area contributed by atoms with Gasteiger partial charge in [-0.25, -0.2) is 4.98 Å². The van der Waals surface area contributed by atoms with Crippen LogP contribution in [0.4, 0.5) is 0 Å². The molecule has 0 aliphatic carbocycles. The Morgan fingerprint density at radius 2 is 2.22 bits per heavy atom. The second kappa shape index (κ2) is 5.42. The SMILES string of the molecule is CN(Cc1ncc[nH]1)C(=O)c1cccc(Cl)c1Cl. The molecule has 0 atom stereocenters. The molecule has 1 N–H and O–H groups in total. The lowest BCUT2D eigenvalue weighted by atomic mass is 10.2. The van der Waals surface area contributed by atoms with E-state index in [-0.39, 0.29) is 10.9 Å². The van der Waals surface area contributed by atoms with Crippen LogP contribution in [0.25, 0.3) is 0 Å². The summed E-state index contributed by atoms with van der Waals surface area (Å²) in [7, 11) is 1.68. The lowest BCUT2D eigenvalue weighted by Gasteiger charge is -2.16. The molecule has 2 aromatic rings. The molecule has 1 heterocycles. The number of H-pyrrole nitrogens is 1. The first-order valence-corrected chi connectivity index (χ1v) is 6.03. The summed E-state index contributed by atoms with van der Waals surface area (Å²) in [6, 6.07) is 4.99. The van der Waals surface area contributed by atoms with Crippen LogP contribution in [0.5, 0.6) is 0 Å². The van der Waals surface area contributed by atoms with Crippen LogP contribution in [-0.4, -0.2) is 27.8 Å². The highest BCUT2D eigenvalue weighted by Gasteiger charge is 2.17. The largest absolute Gasteiger partial charge is 0.347 e. The minimum Gasteiger partial charge on any atom is -0.347 e. The number of amides is 1. The number of hydrogen-bond donors (Lipinski definition) is 1. The molecule has 0 bridgehead atoms. The van der Waals surface area contributed by atoms with Crippen LogP contribution in [0.1, 0.15) is 16.2 Å². The highest BCUT2D eigenvalue weighted by Crippen LogP contribution is 2.26. The fourth-order valence-electron chi connectivity index (χ4n) is 1.56. The minimum atomic E-state index is -0.195. The maximum absolute atomic E-state index is 12.2. The van der Waals surface area contributed by atoms with Crippen molar-refractivity contribution in [3.8, 4) is 0 Å². The number of aromatic amines is 1. The monoisotopic (exact) mass is 283 g/mol. The van der Waals surface area contributed by atoms with Gasteiger partial charge in [0, 0.05) is 19.4 Å². The zero-order valence-electron chi connectivity index (χ0n) is 9.65. The van der Waals surface area contributed by atoms with Gasteiger partial charge in [0.25, 0.3) is 5.91 Å². The Bertz CT molecular complexity index is 554. The van der Waals surface area contributed by atoms with Crippen LogP contribution < -0.4 is 0 Å². The number of carbonyl (C=O) groups is 1. The van der Waals surface area contributed by atoms with Gasteiger partial charge in [-0.3, -0.25) is 4.79 Å². The molecule has 0 aliphatic rings. The fourth-order valence-corrected chi connectivity index (χ4v) is 1.94. The molecule has 0 aliphatic heterocycles. The molecule has 94 valence electrons. The van der Waals surface area contributed by atoms with E-state index in [4.69, 9.17) is 23.2 Å². The van der Waals surface area contributed by atoms with Crippen LogP contribution in [-0.2, 0) is 6.54 Å².